The average Bonchev–Trinajstić information content (AvgIpc) is 2.72. The summed E-state index contributed by atoms with van der Waals surface area (Å²) in [7, 11) is 0. The molecule has 1 aromatic rings. The van der Waals surface area contributed by atoms with E-state index in [-0.39, 0.29) is 11.9 Å². The van der Waals surface area contributed by atoms with Gasteiger partial charge in [0.05, 0.1) is 17.7 Å². The molecule has 4 nitrogen and oxygen atoms in total. The van der Waals surface area contributed by atoms with Crippen LogP contribution in [-0.4, -0.2) is 29.4 Å². The Kier molecular flexibility index (Phi) is 4.18. The van der Waals surface area contributed by atoms with Crippen LogP contribution in [0.1, 0.15) is 31.4 Å². The molecule has 0 bridgehead atoms. The molecule has 2 rings (SSSR count). The minimum Gasteiger partial charge on any atom is -0.337 e. The molecule has 0 saturated carbocycles. The maximum absolute atomic E-state index is 12.2. The molecule has 4 heteroatoms. The van der Waals surface area contributed by atoms with Crippen molar-refractivity contribution in [1.82, 2.24) is 10.2 Å². The Labute approximate surface area is 114 Å². The summed E-state index contributed by atoms with van der Waals surface area (Å²) in [5.74, 6) is 0.179. The second-order valence-electron chi connectivity index (χ2n) is 5.23. The number of nitrogens with one attached hydrogen (secondary N) is 1. The molecule has 1 aliphatic rings. The second-order valence-corrected chi connectivity index (χ2v) is 5.23. The lowest BCUT2D eigenvalue weighted by molar-refractivity contribution is -0.130. The average molecular weight is 257 g/mol. The van der Waals surface area contributed by atoms with Gasteiger partial charge in [0.2, 0.25) is 5.91 Å². The van der Waals surface area contributed by atoms with E-state index < -0.39 is 0 Å². The minimum atomic E-state index is -0.0432. The first-order valence-electron chi connectivity index (χ1n) is 6.64. The molecule has 1 aromatic carbocycles. The molecular formula is C15H19N3O. The van der Waals surface area contributed by atoms with Crippen molar-refractivity contribution in [2.75, 3.05) is 6.54 Å². The molecule has 0 spiro atoms. The van der Waals surface area contributed by atoms with Gasteiger partial charge in [-0.15, -0.1) is 0 Å². The van der Waals surface area contributed by atoms with Crippen molar-refractivity contribution in [3.8, 4) is 6.07 Å². The van der Waals surface area contributed by atoms with Gasteiger partial charge in [-0.25, -0.2) is 0 Å². The highest BCUT2D eigenvalue weighted by atomic mass is 16.2. The zero-order valence-corrected chi connectivity index (χ0v) is 11.4. The Hall–Kier alpha value is -1.86. The van der Waals surface area contributed by atoms with Crippen molar-refractivity contribution in [1.29, 1.82) is 5.26 Å². The SMILES string of the molecule is CC(C)N[C@H]1CCN(Cc2ccc(C#N)cc2)C1=O. The summed E-state index contributed by atoms with van der Waals surface area (Å²) in [5, 5.41) is 12.0. The molecule has 100 valence electrons. The van der Waals surface area contributed by atoms with Crippen LogP contribution in [-0.2, 0) is 11.3 Å². The van der Waals surface area contributed by atoms with Gasteiger partial charge < -0.3 is 10.2 Å². The van der Waals surface area contributed by atoms with Crippen LogP contribution < -0.4 is 5.32 Å². The summed E-state index contributed by atoms with van der Waals surface area (Å²) in [6, 6.07) is 9.78. The number of hydrogen-bond acceptors (Lipinski definition) is 3. The van der Waals surface area contributed by atoms with Gasteiger partial charge in [0.1, 0.15) is 0 Å². The van der Waals surface area contributed by atoms with E-state index in [9.17, 15) is 4.79 Å². The summed E-state index contributed by atoms with van der Waals surface area (Å²) in [6.45, 7) is 5.52. The first kappa shape index (κ1) is 13.6. The number of carbonyl (C=O) groups is 1. The number of benzene rings is 1. The molecule has 1 amide bonds. The number of carbonyl (C=O) groups excluding carboxylic acids is 1. The number of likely N-dealkylation sites (tertiary alicyclic amines) is 1. The highest BCUT2D eigenvalue weighted by Gasteiger charge is 2.31. The molecule has 19 heavy (non-hydrogen) atoms. The van der Waals surface area contributed by atoms with E-state index in [0.29, 0.717) is 18.2 Å². The molecule has 1 atom stereocenters. The highest BCUT2D eigenvalue weighted by molar-refractivity contribution is 5.84. The number of hydrogen-bond donors (Lipinski definition) is 1. The molecule has 1 aliphatic heterocycles. The van der Waals surface area contributed by atoms with Crippen molar-refractivity contribution in [3.63, 3.8) is 0 Å². The fraction of sp³-hybridized carbons (Fsp3) is 0.467. The van der Waals surface area contributed by atoms with Gasteiger partial charge in [-0.3, -0.25) is 4.79 Å². The van der Waals surface area contributed by atoms with Crippen LogP contribution in [0.4, 0.5) is 0 Å². The number of nitrogens with zero attached hydrogens (tertiary/aromatic N) is 2. The van der Waals surface area contributed by atoms with E-state index in [2.05, 4.69) is 25.2 Å². The molecule has 0 aromatic heterocycles. The van der Waals surface area contributed by atoms with Crippen LogP contribution in [0.3, 0.4) is 0 Å². The van der Waals surface area contributed by atoms with Crippen molar-refractivity contribution in [2.45, 2.75) is 38.9 Å². The normalized spacial score (nSPS) is 18.9. The molecule has 1 saturated heterocycles. The van der Waals surface area contributed by atoms with Crippen LogP contribution in [0.5, 0.6) is 0 Å². The monoisotopic (exact) mass is 257 g/mol. The first-order chi connectivity index (χ1) is 9.10. The topological polar surface area (TPSA) is 56.1 Å². The van der Waals surface area contributed by atoms with Crippen LogP contribution in [0.15, 0.2) is 24.3 Å². The van der Waals surface area contributed by atoms with Crippen LogP contribution in [0.25, 0.3) is 0 Å². The highest BCUT2D eigenvalue weighted by Crippen LogP contribution is 2.16. The van der Waals surface area contributed by atoms with E-state index in [1.165, 1.54) is 0 Å². The lowest BCUT2D eigenvalue weighted by Gasteiger charge is -2.18. The van der Waals surface area contributed by atoms with Gasteiger partial charge in [-0.2, -0.15) is 5.26 Å². The lowest BCUT2D eigenvalue weighted by Crippen LogP contribution is -2.41. The number of rotatable bonds is 4. The van der Waals surface area contributed by atoms with Gasteiger partial charge in [-0.1, -0.05) is 26.0 Å². The number of nitriles is 1. The van der Waals surface area contributed by atoms with Gasteiger partial charge >= 0.3 is 0 Å². The van der Waals surface area contributed by atoms with E-state index >= 15 is 0 Å². The summed E-state index contributed by atoms with van der Waals surface area (Å²) in [4.78, 5) is 14.1. The Balaban J connectivity index is 1.96. The Morgan fingerprint density at radius 2 is 2.11 bits per heavy atom. The Morgan fingerprint density at radius 1 is 1.42 bits per heavy atom. The van der Waals surface area contributed by atoms with Crippen molar-refractivity contribution >= 4 is 5.91 Å². The standard InChI is InChI=1S/C15H19N3O/c1-11(2)17-14-7-8-18(15(14)19)10-13-5-3-12(9-16)4-6-13/h3-6,11,14,17H,7-8,10H2,1-2H3/t14-/m0/s1. The molecule has 1 heterocycles. The summed E-state index contributed by atoms with van der Waals surface area (Å²) < 4.78 is 0. The fourth-order valence-electron chi connectivity index (χ4n) is 2.36. The third-order valence-electron chi connectivity index (χ3n) is 3.29. The maximum atomic E-state index is 12.2. The van der Waals surface area contributed by atoms with Crippen molar-refractivity contribution in [3.05, 3.63) is 35.4 Å². The molecule has 0 radical (unpaired) electrons. The number of amides is 1. The van der Waals surface area contributed by atoms with E-state index in [1.807, 2.05) is 17.0 Å². The third-order valence-corrected chi connectivity index (χ3v) is 3.29. The van der Waals surface area contributed by atoms with E-state index in [1.54, 1.807) is 12.1 Å². The van der Waals surface area contributed by atoms with Crippen molar-refractivity contribution in [2.24, 2.45) is 0 Å². The predicted octanol–water partition coefficient (Wildman–Crippen LogP) is 1.66. The summed E-state index contributed by atoms with van der Waals surface area (Å²) in [5.41, 5.74) is 1.72. The predicted molar refractivity (Wildman–Crippen MR) is 73.3 cm³/mol. The maximum Gasteiger partial charge on any atom is 0.240 e. The van der Waals surface area contributed by atoms with Gasteiger partial charge in [0.15, 0.2) is 0 Å². The lowest BCUT2D eigenvalue weighted by atomic mass is 10.1. The van der Waals surface area contributed by atoms with Crippen LogP contribution in [0, 0.1) is 11.3 Å². The first-order valence-corrected chi connectivity index (χ1v) is 6.64. The largest absolute Gasteiger partial charge is 0.337 e. The van der Waals surface area contributed by atoms with E-state index in [0.717, 1.165) is 18.5 Å². The van der Waals surface area contributed by atoms with Gasteiger partial charge in [-0.05, 0) is 24.1 Å². The summed E-state index contributed by atoms with van der Waals surface area (Å²) in [6.07, 6.45) is 0.868. The fourth-order valence-corrected chi connectivity index (χ4v) is 2.36. The molecular weight excluding hydrogens is 238 g/mol. The minimum absolute atomic E-state index is 0.0432. The summed E-state index contributed by atoms with van der Waals surface area (Å²) >= 11 is 0. The Morgan fingerprint density at radius 3 is 2.68 bits per heavy atom. The van der Waals surface area contributed by atoms with Crippen LogP contribution >= 0.6 is 0 Å². The second kappa shape index (κ2) is 5.85. The molecule has 1 fully saturated rings. The Bertz CT molecular complexity index is 487. The molecule has 0 unspecified atom stereocenters. The van der Waals surface area contributed by atoms with Gasteiger partial charge in [0, 0.05) is 19.1 Å². The van der Waals surface area contributed by atoms with Gasteiger partial charge in [0.25, 0.3) is 0 Å². The van der Waals surface area contributed by atoms with Crippen LogP contribution in [0.2, 0.25) is 0 Å². The van der Waals surface area contributed by atoms with E-state index in [4.69, 9.17) is 5.26 Å². The zero-order chi connectivity index (χ0) is 13.8. The molecule has 1 N–H and O–H groups in total. The quantitative estimate of drug-likeness (QED) is 0.892. The smallest absolute Gasteiger partial charge is 0.240 e. The van der Waals surface area contributed by atoms with Crippen molar-refractivity contribution < 1.29 is 4.79 Å². The molecule has 0 aliphatic carbocycles. The zero-order valence-electron chi connectivity index (χ0n) is 11.4. The third kappa shape index (κ3) is 3.33.